The molecule has 3 rings (SSSR count). The zero-order valence-electron chi connectivity index (χ0n) is 16.1. The summed E-state index contributed by atoms with van der Waals surface area (Å²) >= 11 is 0. The fraction of sp³-hybridized carbons (Fsp3) is 0.304. The highest BCUT2D eigenvalue weighted by molar-refractivity contribution is 6.09. The van der Waals surface area contributed by atoms with Crippen LogP contribution in [0.4, 0.5) is 11.4 Å². The van der Waals surface area contributed by atoms with Gasteiger partial charge in [0, 0.05) is 24.5 Å². The summed E-state index contributed by atoms with van der Waals surface area (Å²) in [7, 11) is 1.59. The Balaban J connectivity index is 1.68. The molecule has 2 aromatic rings. The fourth-order valence-electron chi connectivity index (χ4n) is 3.30. The molecule has 1 fully saturated rings. The zero-order chi connectivity index (χ0) is 19.8. The lowest BCUT2D eigenvalue weighted by atomic mass is 10.1. The first-order valence-electron chi connectivity index (χ1n) is 9.62. The number of ether oxygens (including phenoxy) is 1. The highest BCUT2D eigenvalue weighted by Gasteiger charge is 2.11. The summed E-state index contributed by atoms with van der Waals surface area (Å²) in [4.78, 5) is 14.8. The summed E-state index contributed by atoms with van der Waals surface area (Å²) < 4.78 is 5.10. The maximum Gasteiger partial charge on any atom is 0.266 e. The van der Waals surface area contributed by atoms with E-state index in [-0.39, 0.29) is 5.57 Å². The van der Waals surface area contributed by atoms with Crippen LogP contribution in [0, 0.1) is 11.3 Å². The highest BCUT2D eigenvalue weighted by Crippen LogP contribution is 2.21. The Hall–Kier alpha value is -3.26. The van der Waals surface area contributed by atoms with E-state index in [0.29, 0.717) is 11.4 Å². The van der Waals surface area contributed by atoms with Crippen LogP contribution in [0.3, 0.4) is 0 Å². The molecule has 144 valence electrons. The van der Waals surface area contributed by atoms with Crippen molar-refractivity contribution >= 4 is 23.4 Å². The number of anilines is 2. The van der Waals surface area contributed by atoms with E-state index in [2.05, 4.69) is 22.3 Å². The molecule has 1 aliphatic rings. The fourth-order valence-corrected chi connectivity index (χ4v) is 3.30. The zero-order valence-corrected chi connectivity index (χ0v) is 16.1. The van der Waals surface area contributed by atoms with Gasteiger partial charge >= 0.3 is 0 Å². The summed E-state index contributed by atoms with van der Waals surface area (Å²) in [5.41, 5.74) is 2.71. The van der Waals surface area contributed by atoms with E-state index in [1.165, 1.54) is 31.4 Å². The van der Waals surface area contributed by atoms with Gasteiger partial charge in [-0.15, -0.1) is 0 Å². The summed E-state index contributed by atoms with van der Waals surface area (Å²) in [5, 5.41) is 12.1. The third kappa shape index (κ3) is 5.14. The van der Waals surface area contributed by atoms with Crippen molar-refractivity contribution in [3.05, 3.63) is 59.7 Å². The third-order valence-electron chi connectivity index (χ3n) is 4.89. The quantitative estimate of drug-likeness (QED) is 0.612. The van der Waals surface area contributed by atoms with Gasteiger partial charge in [0.2, 0.25) is 0 Å². The molecule has 28 heavy (non-hydrogen) atoms. The van der Waals surface area contributed by atoms with Crippen LogP contribution in [-0.4, -0.2) is 26.1 Å². The van der Waals surface area contributed by atoms with Crippen LogP contribution in [0.5, 0.6) is 5.75 Å². The smallest absolute Gasteiger partial charge is 0.266 e. The van der Waals surface area contributed by atoms with Crippen molar-refractivity contribution in [3.63, 3.8) is 0 Å². The molecular weight excluding hydrogens is 350 g/mol. The molecule has 0 atom stereocenters. The minimum Gasteiger partial charge on any atom is -0.497 e. The number of nitriles is 1. The van der Waals surface area contributed by atoms with Crippen LogP contribution >= 0.6 is 0 Å². The van der Waals surface area contributed by atoms with Gasteiger partial charge in [-0.2, -0.15) is 5.26 Å². The second-order valence-electron chi connectivity index (χ2n) is 6.85. The number of benzene rings is 2. The molecular formula is C23H25N3O2. The topological polar surface area (TPSA) is 65.4 Å². The number of nitrogens with zero attached hydrogens (tertiary/aromatic N) is 2. The number of hydrogen-bond acceptors (Lipinski definition) is 4. The Morgan fingerprint density at radius 1 is 1.04 bits per heavy atom. The SMILES string of the molecule is COc1ccc(NC(=O)/C(C#N)=C/c2ccc(N3CCCCCC3)cc2)cc1. The van der Waals surface area contributed by atoms with E-state index < -0.39 is 5.91 Å². The number of amides is 1. The average Bonchev–Trinajstić information content (AvgIpc) is 3.02. The van der Waals surface area contributed by atoms with Gasteiger partial charge in [0.1, 0.15) is 17.4 Å². The molecule has 2 aromatic carbocycles. The Kier molecular flexibility index (Phi) is 6.69. The molecule has 0 aliphatic carbocycles. The van der Waals surface area contributed by atoms with Gasteiger partial charge in [0.05, 0.1) is 7.11 Å². The van der Waals surface area contributed by atoms with Gasteiger partial charge in [-0.25, -0.2) is 0 Å². The summed E-state index contributed by atoms with van der Waals surface area (Å²) in [6, 6.07) is 17.0. The lowest BCUT2D eigenvalue weighted by Crippen LogP contribution is -2.23. The van der Waals surface area contributed by atoms with Gasteiger partial charge in [-0.05, 0) is 60.9 Å². The van der Waals surface area contributed by atoms with Crippen molar-refractivity contribution in [1.29, 1.82) is 5.26 Å². The number of carbonyl (C=O) groups excluding carboxylic acids is 1. The van der Waals surface area contributed by atoms with Crippen LogP contribution in [0.2, 0.25) is 0 Å². The highest BCUT2D eigenvalue weighted by atomic mass is 16.5. The standard InChI is InChI=1S/C23H25N3O2/c1-28-22-12-8-20(9-13-22)25-23(27)19(17-24)16-18-6-10-21(11-7-18)26-14-4-2-3-5-15-26/h6-13,16H,2-5,14-15H2,1H3,(H,25,27)/b19-16+. The predicted molar refractivity (Wildman–Crippen MR) is 112 cm³/mol. The molecule has 1 amide bonds. The van der Waals surface area contributed by atoms with E-state index in [4.69, 9.17) is 4.74 Å². The molecule has 1 aliphatic heterocycles. The summed E-state index contributed by atoms with van der Waals surface area (Å²) in [6.45, 7) is 2.17. The molecule has 5 heteroatoms. The molecule has 1 heterocycles. The van der Waals surface area contributed by atoms with Crippen LogP contribution in [-0.2, 0) is 4.79 Å². The predicted octanol–water partition coefficient (Wildman–Crippen LogP) is 4.62. The summed E-state index contributed by atoms with van der Waals surface area (Å²) in [5.74, 6) is 0.280. The molecule has 0 aromatic heterocycles. The van der Waals surface area contributed by atoms with Gasteiger partial charge in [-0.1, -0.05) is 25.0 Å². The van der Waals surface area contributed by atoms with Crippen molar-refractivity contribution < 1.29 is 9.53 Å². The number of carbonyl (C=O) groups is 1. The Morgan fingerprint density at radius 2 is 1.68 bits per heavy atom. The van der Waals surface area contributed by atoms with Crippen molar-refractivity contribution in [1.82, 2.24) is 0 Å². The lowest BCUT2D eigenvalue weighted by Gasteiger charge is -2.22. The number of nitrogens with one attached hydrogen (secondary N) is 1. The van der Waals surface area contributed by atoms with Gasteiger partial charge in [-0.3, -0.25) is 4.79 Å². The monoisotopic (exact) mass is 375 g/mol. The normalized spacial score (nSPS) is 14.7. The van der Waals surface area contributed by atoms with Gasteiger partial charge in [0.25, 0.3) is 5.91 Å². The van der Waals surface area contributed by atoms with E-state index in [1.807, 2.05) is 18.2 Å². The van der Waals surface area contributed by atoms with E-state index in [0.717, 1.165) is 18.7 Å². The minimum absolute atomic E-state index is 0.0679. The molecule has 0 unspecified atom stereocenters. The number of hydrogen-bond donors (Lipinski definition) is 1. The van der Waals surface area contributed by atoms with Gasteiger partial charge < -0.3 is 15.0 Å². The Bertz CT molecular complexity index is 856. The largest absolute Gasteiger partial charge is 0.497 e. The lowest BCUT2D eigenvalue weighted by molar-refractivity contribution is -0.112. The first-order chi connectivity index (χ1) is 13.7. The van der Waals surface area contributed by atoms with Crippen molar-refractivity contribution in [2.75, 3.05) is 30.4 Å². The third-order valence-corrected chi connectivity index (χ3v) is 4.89. The van der Waals surface area contributed by atoms with Crippen LogP contribution in [0.1, 0.15) is 31.2 Å². The molecule has 1 N–H and O–H groups in total. The first-order valence-corrected chi connectivity index (χ1v) is 9.62. The van der Waals surface area contributed by atoms with Gasteiger partial charge in [0.15, 0.2) is 0 Å². The van der Waals surface area contributed by atoms with Crippen LogP contribution in [0.15, 0.2) is 54.1 Å². The molecule has 0 bridgehead atoms. The Labute approximate surface area is 166 Å². The van der Waals surface area contributed by atoms with E-state index in [9.17, 15) is 10.1 Å². The van der Waals surface area contributed by atoms with Crippen LogP contribution < -0.4 is 15.0 Å². The number of methoxy groups -OCH3 is 1. The minimum atomic E-state index is -0.427. The maximum atomic E-state index is 12.4. The average molecular weight is 375 g/mol. The van der Waals surface area contributed by atoms with Crippen molar-refractivity contribution in [2.45, 2.75) is 25.7 Å². The molecule has 0 spiro atoms. The second-order valence-corrected chi connectivity index (χ2v) is 6.85. The summed E-state index contributed by atoms with van der Waals surface area (Å²) in [6.07, 6.45) is 6.67. The molecule has 0 saturated carbocycles. The van der Waals surface area contributed by atoms with Crippen molar-refractivity contribution in [3.8, 4) is 11.8 Å². The van der Waals surface area contributed by atoms with Crippen LogP contribution in [0.25, 0.3) is 6.08 Å². The van der Waals surface area contributed by atoms with E-state index >= 15 is 0 Å². The molecule has 5 nitrogen and oxygen atoms in total. The van der Waals surface area contributed by atoms with Crippen molar-refractivity contribution in [2.24, 2.45) is 0 Å². The Morgan fingerprint density at radius 3 is 2.25 bits per heavy atom. The second kappa shape index (κ2) is 9.61. The molecule has 1 saturated heterocycles. The first kappa shape index (κ1) is 19.5. The number of rotatable bonds is 5. The molecule has 0 radical (unpaired) electrons. The maximum absolute atomic E-state index is 12.4. The van der Waals surface area contributed by atoms with E-state index in [1.54, 1.807) is 37.5 Å².